The molecule has 4 aromatic carbocycles. The first kappa shape index (κ1) is 56.0. The molecule has 8 bridgehead atoms. The van der Waals surface area contributed by atoms with E-state index < -0.39 is 23.6 Å². The summed E-state index contributed by atoms with van der Waals surface area (Å²) in [5.74, 6) is 8.45. The highest BCUT2D eigenvalue weighted by molar-refractivity contribution is 8.76. The van der Waals surface area contributed by atoms with Crippen LogP contribution in [0.15, 0.2) is 97.2 Å². The number of carbonyl (C=O) groups is 2. The van der Waals surface area contributed by atoms with Crippen LogP contribution in [0.1, 0.15) is 168 Å². The number of Topliss-reactive ketones (excluding diaryl/α,β-unsaturated/α-hetero) is 1. The van der Waals surface area contributed by atoms with E-state index in [1.165, 1.54) is 11.1 Å². The van der Waals surface area contributed by atoms with E-state index in [4.69, 9.17) is 16.2 Å². The van der Waals surface area contributed by atoms with E-state index in [0.29, 0.717) is 77.9 Å². The summed E-state index contributed by atoms with van der Waals surface area (Å²) in [4.78, 5) is 31.5. The molecule has 5 aliphatic rings. The van der Waals surface area contributed by atoms with Gasteiger partial charge in [-0.15, -0.1) is 0 Å². The average molecular weight is 1090 g/mol. The van der Waals surface area contributed by atoms with Crippen molar-refractivity contribution in [2.45, 2.75) is 145 Å². The molecule has 1 aliphatic heterocycles. The molecule has 0 radical (unpaired) electrons. The Labute approximate surface area is 467 Å². The molecule has 2 fully saturated rings. The summed E-state index contributed by atoms with van der Waals surface area (Å²) >= 11 is 0. The van der Waals surface area contributed by atoms with Gasteiger partial charge in [0.2, 0.25) is 0 Å². The number of aromatic amines is 1. The van der Waals surface area contributed by atoms with Gasteiger partial charge in [-0.05, 0) is 175 Å². The summed E-state index contributed by atoms with van der Waals surface area (Å²) in [7, 11) is 3.37. The summed E-state index contributed by atoms with van der Waals surface area (Å²) < 4.78 is 6.22. The third-order valence-electron chi connectivity index (χ3n) is 18.1. The summed E-state index contributed by atoms with van der Waals surface area (Å²) in [5, 5.41) is 57.2. The van der Waals surface area contributed by atoms with Crippen LogP contribution in [0.25, 0.3) is 0 Å². The molecule has 10 N–H and O–H groups in total. The number of hydrogen-bond donors (Lipinski definition) is 8. The van der Waals surface area contributed by atoms with Crippen molar-refractivity contribution >= 4 is 33.2 Å². The van der Waals surface area contributed by atoms with Crippen molar-refractivity contribution in [1.29, 1.82) is 0 Å². The molecule has 4 aliphatic carbocycles. The van der Waals surface area contributed by atoms with Gasteiger partial charge in [0.25, 0.3) is 0 Å². The number of aryl methyl sites for hydroxylation is 1. The first-order valence-electron chi connectivity index (χ1n) is 28.5. The Hall–Kier alpha value is -5.30. The molecule has 0 saturated heterocycles. The van der Waals surface area contributed by atoms with Crippen molar-refractivity contribution in [2.24, 2.45) is 40.6 Å². The lowest BCUT2D eigenvalue weighted by Gasteiger charge is -2.34. The van der Waals surface area contributed by atoms with Crippen LogP contribution in [0.4, 0.5) is 0 Å². The lowest BCUT2D eigenvalue weighted by molar-refractivity contribution is -0.114. The zero-order valence-electron chi connectivity index (χ0n) is 44.7. The minimum Gasteiger partial charge on any atom is -0.508 e. The van der Waals surface area contributed by atoms with Crippen LogP contribution in [0.2, 0.25) is 0 Å². The first-order valence-corrected chi connectivity index (χ1v) is 31.0. The third kappa shape index (κ3) is 13.1. The van der Waals surface area contributed by atoms with E-state index in [9.17, 15) is 35.1 Å². The number of aliphatic hydroxyl groups excluding tert-OH is 3. The molecule has 2 heterocycles. The molecule has 1 aromatic heterocycles. The van der Waals surface area contributed by atoms with Crippen LogP contribution in [0.3, 0.4) is 0 Å². The Morgan fingerprint density at radius 2 is 1.63 bits per heavy atom. The number of H-pyrrole nitrogens is 1. The van der Waals surface area contributed by atoms with Gasteiger partial charge in [0.05, 0.1) is 31.4 Å². The van der Waals surface area contributed by atoms with Gasteiger partial charge >= 0.3 is 0 Å². The number of nitrogens with one attached hydrogen (secondary N) is 1. The Kier molecular flexibility index (Phi) is 18.3. The average Bonchev–Trinajstić information content (AvgIpc) is 4.24. The van der Waals surface area contributed by atoms with Crippen molar-refractivity contribution in [3.8, 4) is 29.1 Å². The van der Waals surface area contributed by atoms with Gasteiger partial charge in [0.15, 0.2) is 23.1 Å². The summed E-state index contributed by atoms with van der Waals surface area (Å²) in [6.07, 6.45) is 16.2. The SMILES string of the molecule is NC(N)c1cc2c3cc1CSSC[C@H]1C[C@](CC[C@H](C[C@H](O)C4CCCC4)[C@@H]4CC[C@H](CO)c5ccccc5C4)(/C=C/C(=O)CCc4ccc(O)c(c4)OCCc4ccc(O)c(c4)[C@@H]3CC(=O)c3cc[nH]c3CC#C2)C[C@H]1O. The van der Waals surface area contributed by atoms with Crippen molar-refractivity contribution in [3.63, 3.8) is 0 Å². The van der Waals surface area contributed by atoms with E-state index in [2.05, 4.69) is 53.2 Å². The normalized spacial score (nSPS) is 25.5. The van der Waals surface area contributed by atoms with Gasteiger partial charge in [-0.3, -0.25) is 9.59 Å². The number of benzene rings is 4. The predicted molar refractivity (Wildman–Crippen MR) is 311 cm³/mol. The van der Waals surface area contributed by atoms with Crippen molar-refractivity contribution in [2.75, 3.05) is 19.0 Å². The highest BCUT2D eigenvalue weighted by atomic mass is 33.1. The number of phenols is 2. The van der Waals surface area contributed by atoms with Gasteiger partial charge in [0, 0.05) is 77.8 Å². The van der Waals surface area contributed by atoms with E-state index in [1.807, 2.05) is 24.3 Å². The number of phenolic OH excluding ortho intramolecular Hbond substituents is 2. The standard InChI is InChI=1S/C65H77N3O8S2/c66-64(67)54-31-46-9-5-11-57-52(22-26-68-57)61(74)34-55-53(46)32-48(54)38-77-78-39-49-35-65(36-62(49)75,25-21-50(70)17-12-40-14-19-59(72)63(29-40)76-27-23-41-13-18-58(71)56(55)28-41)24-20-44(33-60(73)42-6-1-2-7-42)43-15-16-47(37-69)51-10-4-3-8-45(51)30-43/h3-4,8,10,13-14,18-19,21-22,25-26,28-29,31-32,42-44,47,49,55,60,62,64,68-69,71-73,75H,1-2,6-7,11-12,15-17,20,23-24,27,30,33-39,66-67H2/b25-21+/t43-,44-,47-,49-,55-,60+,62-,65+/m1/s1. The topological polar surface area (TPSA) is 212 Å². The molecule has 11 nitrogen and oxygen atoms in total. The summed E-state index contributed by atoms with van der Waals surface area (Å²) in [6.45, 7) is 0.325. The second-order valence-corrected chi connectivity index (χ2v) is 25.7. The zero-order valence-corrected chi connectivity index (χ0v) is 46.3. The Morgan fingerprint density at radius 1 is 0.821 bits per heavy atom. The van der Waals surface area contributed by atoms with E-state index in [-0.39, 0.29) is 73.0 Å². The van der Waals surface area contributed by atoms with Gasteiger partial charge in [0.1, 0.15) is 5.75 Å². The lowest BCUT2D eigenvalue weighted by atomic mass is 9.72. The number of fused-ring (bicyclic) bond motifs is 10. The van der Waals surface area contributed by atoms with E-state index in [0.717, 1.165) is 97.7 Å². The molecule has 8 atom stereocenters. The molecule has 2 saturated carbocycles. The fourth-order valence-corrected chi connectivity index (χ4v) is 16.2. The zero-order chi connectivity index (χ0) is 54.3. The smallest absolute Gasteiger partial charge is 0.165 e. The quantitative estimate of drug-likeness (QED) is 0.0300. The van der Waals surface area contributed by atoms with Crippen LogP contribution in [-0.4, -0.2) is 73.3 Å². The van der Waals surface area contributed by atoms with Crippen LogP contribution in [0, 0.1) is 40.9 Å². The first-order chi connectivity index (χ1) is 37.8. The lowest BCUT2D eigenvalue weighted by Crippen LogP contribution is -2.28. The molecule has 78 heavy (non-hydrogen) atoms. The second-order valence-electron chi connectivity index (χ2n) is 23.2. The fraction of sp³-hybridized carbons (Fsp3) is 0.477. The van der Waals surface area contributed by atoms with Gasteiger partial charge in [-0.25, -0.2) is 0 Å². The fourth-order valence-electron chi connectivity index (χ4n) is 13.7. The van der Waals surface area contributed by atoms with Crippen LogP contribution >= 0.6 is 21.6 Å². The number of aliphatic hydroxyl groups is 3. The molecular formula is C65H77N3O8S2. The number of rotatable bonds is 9. The largest absolute Gasteiger partial charge is 0.508 e. The number of allylic oxidation sites excluding steroid dienone is 2. The maximum atomic E-state index is 14.3. The number of nitrogens with two attached hydrogens (primary N) is 2. The number of hydrogen-bond acceptors (Lipinski definition) is 12. The second kappa shape index (κ2) is 25.4. The monoisotopic (exact) mass is 1090 g/mol. The van der Waals surface area contributed by atoms with E-state index in [1.54, 1.807) is 58.1 Å². The highest BCUT2D eigenvalue weighted by Crippen LogP contribution is 2.51. The molecule has 0 unspecified atom stereocenters. The third-order valence-corrected chi connectivity index (χ3v) is 20.6. The van der Waals surface area contributed by atoms with Crippen molar-refractivity contribution < 1.29 is 39.9 Å². The van der Waals surface area contributed by atoms with E-state index >= 15 is 0 Å². The summed E-state index contributed by atoms with van der Waals surface area (Å²) in [6, 6.07) is 25.0. The Balaban J connectivity index is 0.969. The maximum absolute atomic E-state index is 14.3. The van der Waals surface area contributed by atoms with Crippen LogP contribution in [0.5, 0.6) is 17.2 Å². The number of aromatic nitrogens is 1. The van der Waals surface area contributed by atoms with Crippen molar-refractivity contribution in [1.82, 2.24) is 4.98 Å². The molecule has 10 rings (SSSR count). The highest BCUT2D eigenvalue weighted by Gasteiger charge is 2.44. The Bertz CT molecular complexity index is 3030. The molecule has 0 amide bonds. The molecular weight excluding hydrogens is 1010 g/mol. The number of aromatic hydroxyl groups is 2. The minimum atomic E-state index is -0.810. The predicted octanol–water partition coefficient (Wildman–Crippen LogP) is 11.1. The van der Waals surface area contributed by atoms with Crippen LogP contribution < -0.4 is 16.2 Å². The van der Waals surface area contributed by atoms with Gasteiger partial charge < -0.3 is 46.7 Å². The van der Waals surface area contributed by atoms with Gasteiger partial charge in [-0.1, -0.05) is 101 Å². The van der Waals surface area contributed by atoms with Crippen LogP contribution in [-0.2, 0) is 36.2 Å². The number of ether oxygens (including phenoxy) is 1. The number of carbonyl (C=O) groups excluding carboxylic acids is 2. The molecule has 412 valence electrons. The summed E-state index contributed by atoms with van der Waals surface area (Å²) in [5.41, 5.74) is 21.9. The maximum Gasteiger partial charge on any atom is 0.165 e. The Morgan fingerprint density at radius 3 is 2.45 bits per heavy atom. The molecule has 13 heteroatoms. The van der Waals surface area contributed by atoms with Crippen molar-refractivity contribution in [3.05, 3.63) is 159 Å². The molecule has 5 aromatic rings. The van der Waals surface area contributed by atoms with Gasteiger partial charge in [-0.2, -0.15) is 0 Å². The molecule has 0 spiro atoms. The number of ketones is 2. The minimum absolute atomic E-state index is 0.00842.